The monoisotopic (exact) mass is 302 g/mol. The number of nitrogens with zero attached hydrogens (tertiary/aromatic N) is 3. The van der Waals surface area contributed by atoms with E-state index in [0.717, 1.165) is 11.4 Å². The number of nitrogens with one attached hydrogen (secondary N) is 1. The van der Waals surface area contributed by atoms with Gasteiger partial charge in [0.1, 0.15) is 11.1 Å². The highest BCUT2D eigenvalue weighted by Gasteiger charge is 2.15. The third-order valence-corrected chi connectivity index (χ3v) is 4.32. The predicted octanol–water partition coefficient (Wildman–Crippen LogP) is 3.66. The number of rotatable bonds is 5. The van der Waals surface area contributed by atoms with E-state index in [2.05, 4.69) is 17.2 Å². The summed E-state index contributed by atoms with van der Waals surface area (Å²) in [5.74, 6) is 0. The molecule has 6 nitrogen and oxygen atoms in total. The maximum Gasteiger partial charge on any atom is 0.270 e. The van der Waals surface area contributed by atoms with Crippen LogP contribution in [0.2, 0.25) is 0 Å². The van der Waals surface area contributed by atoms with E-state index in [-0.39, 0.29) is 17.3 Å². The van der Waals surface area contributed by atoms with Crippen molar-refractivity contribution in [3.8, 4) is 6.07 Å². The first kappa shape index (κ1) is 14.9. The molecule has 0 aliphatic rings. The van der Waals surface area contributed by atoms with Crippen molar-refractivity contribution < 1.29 is 4.92 Å². The van der Waals surface area contributed by atoms with E-state index in [1.807, 2.05) is 19.2 Å². The fourth-order valence-corrected chi connectivity index (χ4v) is 2.70. The number of aryl methyl sites for hydroxylation is 1. The number of nitro groups is 1. The zero-order chi connectivity index (χ0) is 15.4. The molecule has 0 radical (unpaired) electrons. The van der Waals surface area contributed by atoms with Gasteiger partial charge in [0.15, 0.2) is 0 Å². The number of anilines is 1. The zero-order valence-corrected chi connectivity index (χ0v) is 12.5. The molecule has 1 unspecified atom stereocenters. The average molecular weight is 302 g/mol. The van der Waals surface area contributed by atoms with E-state index in [0.29, 0.717) is 5.69 Å². The van der Waals surface area contributed by atoms with Gasteiger partial charge in [0, 0.05) is 23.2 Å². The Balaban J connectivity index is 2.22. The number of hydrogen-bond acceptors (Lipinski definition) is 6. The fraction of sp³-hybridized carbons (Fsp3) is 0.286. The fourth-order valence-electron chi connectivity index (χ4n) is 1.85. The van der Waals surface area contributed by atoms with Gasteiger partial charge >= 0.3 is 0 Å². The van der Waals surface area contributed by atoms with Gasteiger partial charge in [-0.25, -0.2) is 4.98 Å². The van der Waals surface area contributed by atoms with Gasteiger partial charge < -0.3 is 5.32 Å². The van der Waals surface area contributed by atoms with Gasteiger partial charge in [-0.2, -0.15) is 5.26 Å². The molecule has 0 saturated heterocycles. The molecule has 0 aliphatic carbocycles. The van der Waals surface area contributed by atoms with Crippen LogP contribution < -0.4 is 5.32 Å². The van der Waals surface area contributed by atoms with Gasteiger partial charge in [-0.15, -0.1) is 11.3 Å². The molecule has 1 N–H and O–H groups in total. The molecule has 0 fully saturated rings. The van der Waals surface area contributed by atoms with Gasteiger partial charge in [0.2, 0.25) is 0 Å². The second-order valence-electron chi connectivity index (χ2n) is 4.48. The van der Waals surface area contributed by atoms with Crippen molar-refractivity contribution >= 4 is 22.7 Å². The van der Waals surface area contributed by atoms with Crippen LogP contribution in [-0.2, 0) is 6.42 Å². The molecule has 0 aliphatic heterocycles. The van der Waals surface area contributed by atoms with Crippen molar-refractivity contribution in [3.05, 3.63) is 50.0 Å². The van der Waals surface area contributed by atoms with Crippen LogP contribution in [-0.4, -0.2) is 9.91 Å². The number of nitro benzene ring substituents is 1. The summed E-state index contributed by atoms with van der Waals surface area (Å²) in [6.07, 6.45) is 2.78. The minimum Gasteiger partial charge on any atom is -0.375 e. The molecule has 1 aromatic carbocycles. The average Bonchev–Trinajstić information content (AvgIpc) is 2.96. The molecular weight excluding hydrogens is 288 g/mol. The van der Waals surface area contributed by atoms with Gasteiger partial charge in [-0.1, -0.05) is 6.92 Å². The Kier molecular flexibility index (Phi) is 4.50. The SMILES string of the molecule is CCc1cnc(C(C)Nc2ccc([N+](=O)[O-])cc2C#N)s1. The maximum atomic E-state index is 10.7. The van der Waals surface area contributed by atoms with E-state index >= 15 is 0 Å². The van der Waals surface area contributed by atoms with Crippen molar-refractivity contribution in [2.24, 2.45) is 0 Å². The van der Waals surface area contributed by atoms with Crippen LogP contribution >= 0.6 is 11.3 Å². The third kappa shape index (κ3) is 3.35. The standard InChI is InChI=1S/C14H14N4O2S/c1-3-12-8-16-14(21-12)9(2)17-13-5-4-11(18(19)20)6-10(13)7-15/h4-6,8-9,17H,3H2,1-2H3. The lowest BCUT2D eigenvalue weighted by Crippen LogP contribution is -2.07. The van der Waals surface area contributed by atoms with Crippen molar-refractivity contribution in [2.75, 3.05) is 5.32 Å². The minimum atomic E-state index is -0.512. The summed E-state index contributed by atoms with van der Waals surface area (Å²) in [6, 6.07) is 6.13. The molecule has 7 heteroatoms. The van der Waals surface area contributed by atoms with Crippen LogP contribution in [0.3, 0.4) is 0 Å². The van der Waals surface area contributed by atoms with E-state index in [4.69, 9.17) is 5.26 Å². The molecule has 0 saturated carbocycles. The Morgan fingerprint density at radius 1 is 1.57 bits per heavy atom. The number of hydrogen-bond donors (Lipinski definition) is 1. The number of nitriles is 1. The minimum absolute atomic E-state index is 0.0659. The summed E-state index contributed by atoms with van der Waals surface area (Å²) in [5.41, 5.74) is 0.736. The lowest BCUT2D eigenvalue weighted by molar-refractivity contribution is -0.384. The molecule has 1 heterocycles. The molecular formula is C14H14N4O2S. The topological polar surface area (TPSA) is 91.8 Å². The van der Waals surface area contributed by atoms with Gasteiger partial charge in [0.05, 0.1) is 22.2 Å². The van der Waals surface area contributed by atoms with Crippen LogP contribution in [0.25, 0.3) is 0 Å². The van der Waals surface area contributed by atoms with E-state index in [1.165, 1.54) is 17.0 Å². The van der Waals surface area contributed by atoms with Crippen molar-refractivity contribution in [3.63, 3.8) is 0 Å². The van der Waals surface area contributed by atoms with E-state index < -0.39 is 4.92 Å². The van der Waals surface area contributed by atoms with Crippen LogP contribution in [0.1, 0.15) is 35.3 Å². The zero-order valence-electron chi connectivity index (χ0n) is 11.7. The molecule has 0 spiro atoms. The summed E-state index contributed by atoms with van der Waals surface area (Å²) in [5, 5.41) is 24.0. The molecule has 0 amide bonds. The highest BCUT2D eigenvalue weighted by atomic mass is 32.1. The first-order valence-corrected chi connectivity index (χ1v) is 7.26. The smallest absolute Gasteiger partial charge is 0.270 e. The number of thiazole rings is 1. The number of aromatic nitrogens is 1. The normalized spacial score (nSPS) is 11.7. The molecule has 1 atom stereocenters. The third-order valence-electron chi connectivity index (χ3n) is 3.00. The Labute approximate surface area is 126 Å². The Hall–Kier alpha value is -2.46. The summed E-state index contributed by atoms with van der Waals surface area (Å²) in [4.78, 5) is 15.8. The van der Waals surface area contributed by atoms with Crippen LogP contribution in [0, 0.1) is 21.4 Å². The van der Waals surface area contributed by atoms with E-state index in [9.17, 15) is 10.1 Å². The number of benzene rings is 1. The molecule has 2 rings (SSSR count). The second-order valence-corrected chi connectivity index (χ2v) is 5.63. The first-order chi connectivity index (χ1) is 10.0. The molecule has 0 bridgehead atoms. The van der Waals surface area contributed by atoms with E-state index in [1.54, 1.807) is 17.4 Å². The summed E-state index contributed by atoms with van der Waals surface area (Å²) < 4.78 is 0. The molecule has 108 valence electrons. The highest BCUT2D eigenvalue weighted by Crippen LogP contribution is 2.27. The molecule has 21 heavy (non-hydrogen) atoms. The summed E-state index contributed by atoms with van der Waals surface area (Å²) in [6.45, 7) is 4.01. The Morgan fingerprint density at radius 2 is 2.33 bits per heavy atom. The van der Waals surface area contributed by atoms with Crippen molar-refractivity contribution in [1.29, 1.82) is 5.26 Å². The number of non-ortho nitro benzene ring substituents is 1. The lowest BCUT2D eigenvalue weighted by Gasteiger charge is -2.13. The lowest BCUT2D eigenvalue weighted by atomic mass is 10.1. The Morgan fingerprint density at radius 3 is 2.90 bits per heavy atom. The largest absolute Gasteiger partial charge is 0.375 e. The summed E-state index contributed by atoms with van der Waals surface area (Å²) >= 11 is 1.62. The Bertz CT molecular complexity index is 705. The van der Waals surface area contributed by atoms with Crippen molar-refractivity contribution in [1.82, 2.24) is 4.98 Å². The maximum absolute atomic E-state index is 10.7. The predicted molar refractivity (Wildman–Crippen MR) is 81.3 cm³/mol. The van der Waals surface area contributed by atoms with Gasteiger partial charge in [-0.3, -0.25) is 10.1 Å². The second kappa shape index (κ2) is 6.33. The first-order valence-electron chi connectivity index (χ1n) is 6.44. The molecule has 2 aromatic rings. The van der Waals surface area contributed by atoms with Crippen molar-refractivity contribution in [2.45, 2.75) is 26.3 Å². The quantitative estimate of drug-likeness (QED) is 0.672. The van der Waals surface area contributed by atoms with Crippen LogP contribution in [0.4, 0.5) is 11.4 Å². The van der Waals surface area contributed by atoms with Crippen LogP contribution in [0.15, 0.2) is 24.4 Å². The summed E-state index contributed by atoms with van der Waals surface area (Å²) in [7, 11) is 0. The van der Waals surface area contributed by atoms with Gasteiger partial charge in [-0.05, 0) is 19.4 Å². The molecule has 1 aromatic heterocycles. The van der Waals surface area contributed by atoms with Gasteiger partial charge in [0.25, 0.3) is 5.69 Å². The highest BCUT2D eigenvalue weighted by molar-refractivity contribution is 7.11. The van der Waals surface area contributed by atoms with Crippen LogP contribution in [0.5, 0.6) is 0 Å².